The van der Waals surface area contributed by atoms with Crippen LogP contribution in [0.5, 0.6) is 6.01 Å². The van der Waals surface area contributed by atoms with E-state index in [0.29, 0.717) is 31.5 Å². The van der Waals surface area contributed by atoms with E-state index in [1.54, 1.807) is 12.4 Å². The number of carbonyl (C=O) groups is 1. The zero-order valence-corrected chi connectivity index (χ0v) is 11.4. The summed E-state index contributed by atoms with van der Waals surface area (Å²) in [6.07, 6.45) is 9.33. The molecule has 1 saturated carbocycles. The van der Waals surface area contributed by atoms with Gasteiger partial charge in [-0.25, -0.2) is 9.97 Å². The van der Waals surface area contributed by atoms with Crippen LogP contribution in [0.25, 0.3) is 0 Å². The summed E-state index contributed by atoms with van der Waals surface area (Å²) >= 11 is 0. The van der Waals surface area contributed by atoms with Crippen LogP contribution in [0.3, 0.4) is 0 Å². The summed E-state index contributed by atoms with van der Waals surface area (Å²) < 4.78 is 5.17. The maximum atomic E-state index is 11.8. The Hall–Kier alpha value is -1.65. The predicted octanol–water partition coefficient (Wildman–Crippen LogP) is 1.87. The Morgan fingerprint density at radius 1 is 1.37 bits per heavy atom. The van der Waals surface area contributed by atoms with Crippen molar-refractivity contribution in [2.75, 3.05) is 6.61 Å². The first-order valence-corrected chi connectivity index (χ1v) is 7.01. The molecule has 0 aliphatic heterocycles. The van der Waals surface area contributed by atoms with Gasteiger partial charge in [0.2, 0.25) is 5.91 Å². The number of nitrogens with one attached hydrogen (secondary N) is 1. The van der Waals surface area contributed by atoms with Crippen LogP contribution in [0, 0.1) is 0 Å². The Morgan fingerprint density at radius 2 is 2.05 bits per heavy atom. The highest BCUT2D eigenvalue weighted by molar-refractivity contribution is 5.76. The molecule has 1 fully saturated rings. The Bertz CT molecular complexity index is 400. The number of nitrogens with zero attached hydrogens (tertiary/aromatic N) is 2. The van der Waals surface area contributed by atoms with Gasteiger partial charge in [-0.3, -0.25) is 4.79 Å². The van der Waals surface area contributed by atoms with Gasteiger partial charge >= 0.3 is 6.01 Å². The number of amides is 1. The molecule has 2 rings (SSSR count). The average Bonchev–Trinajstić information content (AvgIpc) is 2.91. The van der Waals surface area contributed by atoms with E-state index in [0.717, 1.165) is 18.4 Å². The second-order valence-electron chi connectivity index (χ2n) is 4.86. The van der Waals surface area contributed by atoms with Crippen molar-refractivity contribution < 1.29 is 9.53 Å². The largest absolute Gasteiger partial charge is 0.464 e. The fourth-order valence-electron chi connectivity index (χ4n) is 2.30. The zero-order valence-electron chi connectivity index (χ0n) is 11.4. The number of rotatable bonds is 6. The second kappa shape index (κ2) is 7.07. The molecule has 104 valence electrons. The van der Waals surface area contributed by atoms with E-state index >= 15 is 0 Å². The van der Waals surface area contributed by atoms with Crippen LogP contribution < -0.4 is 10.1 Å². The molecule has 0 bridgehead atoms. The molecule has 1 aliphatic carbocycles. The number of hydrogen-bond donors (Lipinski definition) is 1. The third-order valence-electron chi connectivity index (χ3n) is 3.32. The van der Waals surface area contributed by atoms with Crippen molar-refractivity contribution in [1.29, 1.82) is 0 Å². The molecule has 1 aromatic rings. The summed E-state index contributed by atoms with van der Waals surface area (Å²) in [6, 6.07) is 0.783. The van der Waals surface area contributed by atoms with Gasteiger partial charge in [0, 0.05) is 24.9 Å². The third-order valence-corrected chi connectivity index (χ3v) is 3.32. The number of aryl methyl sites for hydroxylation is 1. The van der Waals surface area contributed by atoms with Crippen LogP contribution in [0.1, 0.15) is 44.6 Å². The molecule has 1 heterocycles. The number of carbonyl (C=O) groups excluding carboxylic acids is 1. The molecule has 0 unspecified atom stereocenters. The lowest BCUT2D eigenvalue weighted by atomic mass is 10.1. The van der Waals surface area contributed by atoms with Gasteiger partial charge in [0.05, 0.1) is 6.61 Å². The van der Waals surface area contributed by atoms with Gasteiger partial charge in [0.15, 0.2) is 0 Å². The van der Waals surface area contributed by atoms with Crippen molar-refractivity contribution in [3.05, 3.63) is 18.0 Å². The van der Waals surface area contributed by atoms with E-state index < -0.39 is 0 Å². The van der Waals surface area contributed by atoms with E-state index in [-0.39, 0.29) is 5.91 Å². The highest BCUT2D eigenvalue weighted by Gasteiger charge is 2.16. The van der Waals surface area contributed by atoms with Gasteiger partial charge < -0.3 is 10.1 Å². The molecule has 0 radical (unpaired) electrons. The lowest BCUT2D eigenvalue weighted by Crippen LogP contribution is -2.32. The SMILES string of the molecule is CCOc1ncc(CCC(=O)NC2CCCC2)cn1. The molecule has 5 nitrogen and oxygen atoms in total. The first kappa shape index (κ1) is 13.8. The zero-order chi connectivity index (χ0) is 13.5. The molecular formula is C14H21N3O2. The fourth-order valence-corrected chi connectivity index (χ4v) is 2.30. The fraction of sp³-hybridized carbons (Fsp3) is 0.643. The van der Waals surface area contributed by atoms with Gasteiger partial charge in [-0.2, -0.15) is 0 Å². The summed E-state index contributed by atoms with van der Waals surface area (Å²) in [4.78, 5) is 19.9. The van der Waals surface area contributed by atoms with Gasteiger partial charge in [-0.15, -0.1) is 0 Å². The van der Waals surface area contributed by atoms with E-state index in [2.05, 4.69) is 15.3 Å². The Kier molecular flexibility index (Phi) is 5.12. The molecular weight excluding hydrogens is 242 g/mol. The summed E-state index contributed by atoms with van der Waals surface area (Å²) in [5.41, 5.74) is 0.963. The molecule has 0 saturated heterocycles. The minimum atomic E-state index is 0.126. The van der Waals surface area contributed by atoms with Crippen LogP contribution in [0.2, 0.25) is 0 Å². The second-order valence-corrected chi connectivity index (χ2v) is 4.86. The van der Waals surface area contributed by atoms with Crippen molar-refractivity contribution in [2.45, 2.75) is 51.5 Å². The van der Waals surface area contributed by atoms with E-state index in [4.69, 9.17) is 4.74 Å². The quantitative estimate of drug-likeness (QED) is 0.851. The highest BCUT2D eigenvalue weighted by atomic mass is 16.5. The summed E-state index contributed by atoms with van der Waals surface area (Å²) in [5, 5.41) is 3.08. The lowest BCUT2D eigenvalue weighted by molar-refractivity contribution is -0.121. The summed E-state index contributed by atoms with van der Waals surface area (Å²) in [7, 11) is 0. The predicted molar refractivity (Wildman–Crippen MR) is 71.9 cm³/mol. The number of hydrogen-bond acceptors (Lipinski definition) is 4. The maximum Gasteiger partial charge on any atom is 0.316 e. The minimum absolute atomic E-state index is 0.126. The van der Waals surface area contributed by atoms with Crippen molar-refractivity contribution in [1.82, 2.24) is 15.3 Å². The molecule has 0 spiro atoms. The van der Waals surface area contributed by atoms with E-state index in [1.807, 2.05) is 6.92 Å². The first-order valence-electron chi connectivity index (χ1n) is 7.01. The van der Waals surface area contributed by atoms with Crippen LogP contribution in [-0.2, 0) is 11.2 Å². The minimum Gasteiger partial charge on any atom is -0.464 e. The lowest BCUT2D eigenvalue weighted by Gasteiger charge is -2.11. The topological polar surface area (TPSA) is 64.1 Å². The van der Waals surface area contributed by atoms with Crippen molar-refractivity contribution >= 4 is 5.91 Å². The molecule has 19 heavy (non-hydrogen) atoms. The third kappa shape index (κ3) is 4.50. The van der Waals surface area contributed by atoms with Gasteiger partial charge in [-0.05, 0) is 31.7 Å². The van der Waals surface area contributed by atoms with Crippen LogP contribution in [0.4, 0.5) is 0 Å². The van der Waals surface area contributed by atoms with Crippen LogP contribution >= 0.6 is 0 Å². The van der Waals surface area contributed by atoms with Crippen LogP contribution in [0.15, 0.2) is 12.4 Å². The molecule has 1 amide bonds. The highest BCUT2D eigenvalue weighted by Crippen LogP contribution is 2.17. The van der Waals surface area contributed by atoms with Crippen molar-refractivity contribution in [3.8, 4) is 6.01 Å². The first-order chi connectivity index (χ1) is 9.28. The smallest absolute Gasteiger partial charge is 0.316 e. The Balaban J connectivity index is 1.73. The number of aromatic nitrogens is 2. The Labute approximate surface area is 113 Å². The Morgan fingerprint density at radius 3 is 2.68 bits per heavy atom. The van der Waals surface area contributed by atoms with Gasteiger partial charge in [0.1, 0.15) is 0 Å². The number of ether oxygens (including phenoxy) is 1. The molecule has 1 N–H and O–H groups in total. The molecule has 5 heteroatoms. The standard InChI is InChI=1S/C14H21N3O2/c1-2-19-14-15-9-11(10-16-14)7-8-13(18)17-12-5-3-4-6-12/h9-10,12H,2-8H2,1H3,(H,17,18). The monoisotopic (exact) mass is 263 g/mol. The van der Waals surface area contributed by atoms with E-state index in [9.17, 15) is 4.79 Å². The molecule has 0 aromatic carbocycles. The molecule has 1 aliphatic rings. The maximum absolute atomic E-state index is 11.8. The average molecular weight is 263 g/mol. The summed E-state index contributed by atoms with van der Waals surface area (Å²) in [5.74, 6) is 0.126. The normalized spacial score (nSPS) is 15.4. The molecule has 1 aromatic heterocycles. The van der Waals surface area contributed by atoms with Gasteiger partial charge in [0.25, 0.3) is 0 Å². The van der Waals surface area contributed by atoms with Crippen LogP contribution in [-0.4, -0.2) is 28.5 Å². The van der Waals surface area contributed by atoms with Crippen molar-refractivity contribution in [3.63, 3.8) is 0 Å². The molecule has 0 atom stereocenters. The van der Waals surface area contributed by atoms with E-state index in [1.165, 1.54) is 12.8 Å². The van der Waals surface area contributed by atoms with Gasteiger partial charge in [-0.1, -0.05) is 12.8 Å². The summed E-state index contributed by atoms with van der Waals surface area (Å²) in [6.45, 7) is 2.45. The van der Waals surface area contributed by atoms with Crippen molar-refractivity contribution in [2.24, 2.45) is 0 Å².